The van der Waals surface area contributed by atoms with Gasteiger partial charge in [0.05, 0.1) is 21.7 Å². The number of halogens is 1. The van der Waals surface area contributed by atoms with E-state index in [1.807, 2.05) is 19.9 Å². The van der Waals surface area contributed by atoms with Gasteiger partial charge in [0.1, 0.15) is 11.6 Å². The maximum atomic E-state index is 12.8. The number of ether oxygens (including phenoxy) is 1. The first-order valence-corrected chi connectivity index (χ1v) is 11.4. The van der Waals surface area contributed by atoms with Crippen molar-refractivity contribution in [2.45, 2.75) is 18.7 Å². The predicted molar refractivity (Wildman–Crippen MR) is 119 cm³/mol. The second kappa shape index (κ2) is 9.27. The number of nitrogens with one attached hydrogen (secondary N) is 2. The number of hydrogen-bond donors (Lipinski definition) is 2. The van der Waals surface area contributed by atoms with Gasteiger partial charge in [-0.15, -0.1) is 0 Å². The Hall–Kier alpha value is -2.91. The van der Waals surface area contributed by atoms with Crippen LogP contribution in [0.5, 0.6) is 5.75 Å². The summed E-state index contributed by atoms with van der Waals surface area (Å²) in [6.45, 7) is 4.25. The zero-order valence-corrected chi connectivity index (χ0v) is 18.7. The molecule has 0 aliphatic rings. The lowest BCUT2D eigenvalue weighted by molar-refractivity contribution is 0.102. The van der Waals surface area contributed by atoms with Crippen LogP contribution in [0.3, 0.4) is 0 Å². The van der Waals surface area contributed by atoms with Crippen LogP contribution in [0.4, 0.5) is 11.5 Å². The molecule has 0 saturated heterocycles. The Kier molecular flexibility index (Phi) is 6.73. The highest BCUT2D eigenvalue weighted by Gasteiger charge is 2.17. The van der Waals surface area contributed by atoms with Crippen molar-refractivity contribution in [2.75, 3.05) is 16.6 Å². The van der Waals surface area contributed by atoms with E-state index in [0.29, 0.717) is 28.3 Å². The van der Waals surface area contributed by atoms with Crippen LogP contribution in [-0.2, 0) is 10.0 Å². The Morgan fingerprint density at radius 2 is 1.93 bits per heavy atom. The SMILES string of the molecule is CCOc1ccc(NS(=O)(=O)c2cccc(C(=O)Nc3ccc(C)cn3)c2)cc1Br. The van der Waals surface area contributed by atoms with E-state index in [9.17, 15) is 13.2 Å². The summed E-state index contributed by atoms with van der Waals surface area (Å²) in [5.74, 6) is 0.548. The molecule has 7 nitrogen and oxygen atoms in total. The molecule has 30 heavy (non-hydrogen) atoms. The maximum absolute atomic E-state index is 12.8. The third-order valence-electron chi connectivity index (χ3n) is 4.04. The minimum Gasteiger partial charge on any atom is -0.493 e. The quantitative estimate of drug-likeness (QED) is 0.505. The Bertz CT molecular complexity index is 1170. The fourth-order valence-corrected chi connectivity index (χ4v) is 4.17. The van der Waals surface area contributed by atoms with Gasteiger partial charge in [-0.05, 0) is 77.8 Å². The van der Waals surface area contributed by atoms with Crippen LogP contribution in [0.2, 0.25) is 0 Å². The number of aromatic nitrogens is 1. The molecule has 9 heteroatoms. The molecule has 0 bridgehead atoms. The van der Waals surface area contributed by atoms with E-state index in [-0.39, 0.29) is 10.5 Å². The summed E-state index contributed by atoms with van der Waals surface area (Å²) in [5.41, 5.74) is 1.53. The molecule has 0 unspecified atom stereocenters. The molecule has 3 rings (SSSR count). The first-order chi connectivity index (χ1) is 14.3. The van der Waals surface area contributed by atoms with Crippen molar-refractivity contribution in [3.8, 4) is 5.75 Å². The molecule has 0 radical (unpaired) electrons. The maximum Gasteiger partial charge on any atom is 0.261 e. The van der Waals surface area contributed by atoms with E-state index in [1.54, 1.807) is 30.5 Å². The molecule has 0 atom stereocenters. The number of rotatable bonds is 7. The molecule has 156 valence electrons. The topological polar surface area (TPSA) is 97.4 Å². The van der Waals surface area contributed by atoms with Crippen molar-refractivity contribution in [3.63, 3.8) is 0 Å². The van der Waals surface area contributed by atoms with Gasteiger partial charge in [0.25, 0.3) is 15.9 Å². The van der Waals surface area contributed by atoms with Crippen molar-refractivity contribution in [2.24, 2.45) is 0 Å². The standard InChI is InChI=1S/C21H20BrN3O4S/c1-3-29-19-9-8-16(12-18(19)22)25-30(27,28)17-6-4-5-15(11-17)21(26)24-20-10-7-14(2)13-23-20/h4-13,25H,3H2,1-2H3,(H,23,24,26). The molecular formula is C21H20BrN3O4S. The lowest BCUT2D eigenvalue weighted by Crippen LogP contribution is -2.16. The van der Waals surface area contributed by atoms with Crippen molar-refractivity contribution in [1.82, 2.24) is 4.98 Å². The van der Waals surface area contributed by atoms with Crippen LogP contribution in [0.1, 0.15) is 22.8 Å². The van der Waals surface area contributed by atoms with Gasteiger partial charge in [0, 0.05) is 11.8 Å². The molecule has 0 aliphatic carbocycles. The number of hydrogen-bond acceptors (Lipinski definition) is 5. The van der Waals surface area contributed by atoms with E-state index in [0.717, 1.165) is 5.56 Å². The Labute approximate surface area is 183 Å². The minimum absolute atomic E-state index is 0.0305. The van der Waals surface area contributed by atoms with Crippen LogP contribution in [0.15, 0.2) is 70.2 Å². The summed E-state index contributed by atoms with van der Waals surface area (Å²) in [5, 5.41) is 2.65. The van der Waals surface area contributed by atoms with Crippen molar-refractivity contribution in [3.05, 3.63) is 76.4 Å². The number of carbonyl (C=O) groups excluding carboxylic acids is 1. The van der Waals surface area contributed by atoms with E-state index in [1.165, 1.54) is 24.3 Å². The number of aryl methyl sites for hydroxylation is 1. The highest BCUT2D eigenvalue weighted by molar-refractivity contribution is 9.10. The third kappa shape index (κ3) is 5.37. The first-order valence-electron chi connectivity index (χ1n) is 9.08. The molecule has 0 saturated carbocycles. The van der Waals surface area contributed by atoms with Gasteiger partial charge in [-0.25, -0.2) is 13.4 Å². The fourth-order valence-electron chi connectivity index (χ4n) is 2.59. The highest BCUT2D eigenvalue weighted by atomic mass is 79.9. The van der Waals surface area contributed by atoms with Crippen LogP contribution in [0.25, 0.3) is 0 Å². The van der Waals surface area contributed by atoms with Crippen molar-refractivity contribution < 1.29 is 17.9 Å². The molecule has 0 spiro atoms. The summed E-state index contributed by atoms with van der Waals surface area (Å²) in [6, 6.07) is 14.2. The smallest absolute Gasteiger partial charge is 0.261 e. The summed E-state index contributed by atoms with van der Waals surface area (Å²) < 4.78 is 34.2. The van der Waals surface area contributed by atoms with Crippen molar-refractivity contribution >= 4 is 43.4 Å². The molecule has 1 heterocycles. The first kappa shape index (κ1) is 21.8. The number of carbonyl (C=O) groups is 1. The molecule has 0 fully saturated rings. The van der Waals surface area contributed by atoms with Crippen LogP contribution in [0, 0.1) is 6.92 Å². The van der Waals surface area contributed by atoms with Crippen molar-refractivity contribution in [1.29, 1.82) is 0 Å². The average Bonchev–Trinajstić information content (AvgIpc) is 2.72. The molecule has 2 N–H and O–H groups in total. The molecule has 1 amide bonds. The number of nitrogens with zero attached hydrogens (tertiary/aromatic N) is 1. The normalized spacial score (nSPS) is 11.0. The lowest BCUT2D eigenvalue weighted by atomic mass is 10.2. The second-order valence-corrected chi connectivity index (χ2v) is 8.92. The lowest BCUT2D eigenvalue weighted by Gasteiger charge is -2.12. The summed E-state index contributed by atoms with van der Waals surface area (Å²) in [6.07, 6.45) is 1.63. The van der Waals surface area contributed by atoms with Gasteiger partial charge < -0.3 is 10.1 Å². The van der Waals surface area contributed by atoms with Crippen LogP contribution in [-0.4, -0.2) is 25.9 Å². The molecule has 0 aliphatic heterocycles. The summed E-state index contributed by atoms with van der Waals surface area (Å²) in [7, 11) is -3.90. The number of amides is 1. The number of sulfonamides is 1. The Morgan fingerprint density at radius 3 is 2.60 bits per heavy atom. The monoisotopic (exact) mass is 489 g/mol. The third-order valence-corrected chi connectivity index (χ3v) is 6.04. The number of pyridine rings is 1. The molecule has 3 aromatic rings. The highest BCUT2D eigenvalue weighted by Crippen LogP contribution is 2.29. The van der Waals surface area contributed by atoms with Gasteiger partial charge in [-0.1, -0.05) is 12.1 Å². The van der Waals surface area contributed by atoms with Gasteiger partial charge in [-0.2, -0.15) is 0 Å². The number of anilines is 2. The van der Waals surface area contributed by atoms with Gasteiger partial charge in [0.15, 0.2) is 0 Å². The Morgan fingerprint density at radius 1 is 1.13 bits per heavy atom. The van der Waals surface area contributed by atoms with Gasteiger partial charge in [0.2, 0.25) is 0 Å². The largest absolute Gasteiger partial charge is 0.493 e. The Balaban J connectivity index is 1.79. The molecule has 1 aromatic heterocycles. The van der Waals surface area contributed by atoms with E-state index in [2.05, 4.69) is 31.0 Å². The van der Waals surface area contributed by atoms with Crippen LogP contribution < -0.4 is 14.8 Å². The number of benzene rings is 2. The molecule has 2 aromatic carbocycles. The fraction of sp³-hybridized carbons (Fsp3) is 0.143. The van der Waals surface area contributed by atoms with E-state index >= 15 is 0 Å². The van der Waals surface area contributed by atoms with Gasteiger partial charge in [-0.3, -0.25) is 9.52 Å². The zero-order chi connectivity index (χ0) is 21.7. The van der Waals surface area contributed by atoms with E-state index < -0.39 is 15.9 Å². The second-order valence-electron chi connectivity index (χ2n) is 6.39. The van der Waals surface area contributed by atoms with Crippen LogP contribution >= 0.6 is 15.9 Å². The average molecular weight is 490 g/mol. The predicted octanol–water partition coefficient (Wildman–Crippen LogP) is 4.60. The summed E-state index contributed by atoms with van der Waals surface area (Å²) >= 11 is 3.36. The molecular weight excluding hydrogens is 470 g/mol. The minimum atomic E-state index is -3.90. The van der Waals surface area contributed by atoms with Gasteiger partial charge >= 0.3 is 0 Å². The zero-order valence-electron chi connectivity index (χ0n) is 16.3. The summed E-state index contributed by atoms with van der Waals surface area (Å²) in [4.78, 5) is 16.6. The van der Waals surface area contributed by atoms with E-state index in [4.69, 9.17) is 4.74 Å².